The smallest absolute Gasteiger partial charge is 0.223 e. The summed E-state index contributed by atoms with van der Waals surface area (Å²) in [7, 11) is 0. The van der Waals surface area contributed by atoms with Crippen LogP contribution in [0.2, 0.25) is 5.02 Å². The van der Waals surface area contributed by atoms with Gasteiger partial charge in [0.25, 0.3) is 0 Å². The Morgan fingerprint density at radius 1 is 1.12 bits per heavy atom. The second-order valence-electron chi connectivity index (χ2n) is 6.32. The van der Waals surface area contributed by atoms with Crippen LogP contribution in [0, 0.1) is 0 Å². The molecule has 6 nitrogen and oxygen atoms in total. The molecule has 1 aromatic rings. The van der Waals surface area contributed by atoms with E-state index < -0.39 is 0 Å². The van der Waals surface area contributed by atoms with Crippen molar-refractivity contribution in [3.8, 4) is 0 Å². The number of carbonyl (C=O) groups is 2. The SMILES string of the molecule is O=C(CCC(=O)N1CCNCC1c1ccccc1Cl)N1CCOCC1. The van der Waals surface area contributed by atoms with Crippen molar-refractivity contribution in [2.24, 2.45) is 0 Å². The molecule has 7 heteroatoms. The molecule has 2 amide bonds. The zero-order valence-corrected chi connectivity index (χ0v) is 15.0. The summed E-state index contributed by atoms with van der Waals surface area (Å²) in [6, 6.07) is 7.53. The first kappa shape index (κ1) is 18.2. The van der Waals surface area contributed by atoms with Crippen LogP contribution in [-0.2, 0) is 14.3 Å². The van der Waals surface area contributed by atoms with E-state index in [-0.39, 0.29) is 30.7 Å². The lowest BCUT2D eigenvalue weighted by molar-refractivity contribution is -0.140. The minimum Gasteiger partial charge on any atom is -0.378 e. The summed E-state index contributed by atoms with van der Waals surface area (Å²) in [5.41, 5.74) is 0.948. The summed E-state index contributed by atoms with van der Waals surface area (Å²) in [6.07, 6.45) is 0.481. The molecule has 136 valence electrons. The third kappa shape index (κ3) is 4.51. The maximum Gasteiger partial charge on any atom is 0.223 e. The highest BCUT2D eigenvalue weighted by molar-refractivity contribution is 6.31. The van der Waals surface area contributed by atoms with Gasteiger partial charge in [-0.05, 0) is 11.6 Å². The number of hydrogen-bond acceptors (Lipinski definition) is 4. The number of amides is 2. The lowest BCUT2D eigenvalue weighted by Gasteiger charge is -2.37. The van der Waals surface area contributed by atoms with E-state index in [1.165, 1.54) is 0 Å². The van der Waals surface area contributed by atoms with Gasteiger partial charge in [0.15, 0.2) is 0 Å². The van der Waals surface area contributed by atoms with Crippen molar-refractivity contribution in [1.82, 2.24) is 15.1 Å². The number of ether oxygens (including phenoxy) is 1. The molecule has 0 spiro atoms. The van der Waals surface area contributed by atoms with Crippen LogP contribution < -0.4 is 5.32 Å². The largest absolute Gasteiger partial charge is 0.378 e. The summed E-state index contributed by atoms with van der Waals surface area (Å²) in [5.74, 6) is 0.0362. The van der Waals surface area contributed by atoms with Crippen LogP contribution in [0.4, 0.5) is 0 Å². The van der Waals surface area contributed by atoms with Crippen LogP contribution in [-0.4, -0.2) is 67.6 Å². The highest BCUT2D eigenvalue weighted by Crippen LogP contribution is 2.29. The molecule has 1 aromatic carbocycles. The number of benzene rings is 1. The topological polar surface area (TPSA) is 61.9 Å². The number of morpholine rings is 1. The molecule has 1 unspecified atom stereocenters. The molecule has 2 aliphatic heterocycles. The molecule has 0 aliphatic carbocycles. The first-order valence-corrected chi connectivity index (χ1v) is 9.15. The molecule has 0 saturated carbocycles. The Morgan fingerprint density at radius 3 is 2.60 bits per heavy atom. The van der Waals surface area contributed by atoms with Crippen molar-refractivity contribution < 1.29 is 14.3 Å². The second kappa shape index (κ2) is 8.65. The van der Waals surface area contributed by atoms with Gasteiger partial charge in [0.1, 0.15) is 0 Å². The molecule has 1 N–H and O–H groups in total. The molecule has 0 radical (unpaired) electrons. The first-order chi connectivity index (χ1) is 12.2. The van der Waals surface area contributed by atoms with Crippen molar-refractivity contribution in [2.75, 3.05) is 45.9 Å². The average molecular weight is 366 g/mol. The number of halogens is 1. The minimum absolute atomic E-state index is 0.00743. The van der Waals surface area contributed by atoms with Crippen LogP contribution in [0.5, 0.6) is 0 Å². The summed E-state index contributed by atoms with van der Waals surface area (Å²) in [4.78, 5) is 28.6. The van der Waals surface area contributed by atoms with Crippen molar-refractivity contribution in [1.29, 1.82) is 0 Å². The second-order valence-corrected chi connectivity index (χ2v) is 6.73. The minimum atomic E-state index is -0.0894. The van der Waals surface area contributed by atoms with Crippen LogP contribution in [0.3, 0.4) is 0 Å². The quantitative estimate of drug-likeness (QED) is 0.877. The predicted octanol–water partition coefficient (Wildman–Crippen LogP) is 1.45. The van der Waals surface area contributed by atoms with Gasteiger partial charge in [0, 0.05) is 50.6 Å². The Morgan fingerprint density at radius 2 is 1.84 bits per heavy atom. The third-order valence-corrected chi connectivity index (χ3v) is 5.09. The Labute approximate surface area is 153 Å². The van der Waals surface area contributed by atoms with E-state index in [0.717, 1.165) is 12.1 Å². The molecule has 2 heterocycles. The fourth-order valence-electron chi connectivity index (χ4n) is 3.35. The van der Waals surface area contributed by atoms with Gasteiger partial charge in [-0.15, -0.1) is 0 Å². The molecule has 1 atom stereocenters. The van der Waals surface area contributed by atoms with Gasteiger partial charge in [-0.1, -0.05) is 29.8 Å². The van der Waals surface area contributed by atoms with Gasteiger partial charge in [-0.2, -0.15) is 0 Å². The van der Waals surface area contributed by atoms with Gasteiger partial charge in [0.2, 0.25) is 11.8 Å². The van der Waals surface area contributed by atoms with E-state index in [9.17, 15) is 9.59 Å². The molecule has 0 bridgehead atoms. The van der Waals surface area contributed by atoms with Gasteiger partial charge in [-0.25, -0.2) is 0 Å². The first-order valence-electron chi connectivity index (χ1n) is 8.77. The highest BCUT2D eigenvalue weighted by atomic mass is 35.5. The number of hydrogen-bond donors (Lipinski definition) is 1. The lowest BCUT2D eigenvalue weighted by Crippen LogP contribution is -2.49. The van der Waals surface area contributed by atoms with E-state index in [1.807, 2.05) is 29.2 Å². The number of carbonyl (C=O) groups excluding carboxylic acids is 2. The molecular weight excluding hydrogens is 342 g/mol. The third-order valence-electron chi connectivity index (χ3n) is 4.74. The molecule has 25 heavy (non-hydrogen) atoms. The monoisotopic (exact) mass is 365 g/mol. The van der Waals surface area contributed by atoms with Crippen LogP contribution in [0.15, 0.2) is 24.3 Å². The zero-order chi connectivity index (χ0) is 17.6. The summed E-state index contributed by atoms with van der Waals surface area (Å²) >= 11 is 6.32. The van der Waals surface area contributed by atoms with Gasteiger partial charge >= 0.3 is 0 Å². The van der Waals surface area contributed by atoms with E-state index in [4.69, 9.17) is 16.3 Å². The van der Waals surface area contributed by atoms with E-state index in [0.29, 0.717) is 44.4 Å². The maximum atomic E-state index is 12.7. The fourth-order valence-corrected chi connectivity index (χ4v) is 3.62. The molecular formula is C18H24ClN3O3. The normalized spacial score (nSPS) is 21.2. The Kier molecular flexibility index (Phi) is 6.29. The van der Waals surface area contributed by atoms with Crippen molar-refractivity contribution >= 4 is 23.4 Å². The summed E-state index contributed by atoms with van der Waals surface area (Å²) in [6.45, 7) is 4.43. The summed E-state index contributed by atoms with van der Waals surface area (Å²) in [5, 5.41) is 3.99. The molecule has 2 fully saturated rings. The van der Waals surface area contributed by atoms with E-state index in [2.05, 4.69) is 5.32 Å². The van der Waals surface area contributed by atoms with E-state index in [1.54, 1.807) is 4.90 Å². The van der Waals surface area contributed by atoms with Gasteiger partial charge in [-0.3, -0.25) is 9.59 Å². The molecule has 2 aliphatic rings. The van der Waals surface area contributed by atoms with Gasteiger partial charge in [0.05, 0.1) is 19.3 Å². The number of nitrogens with one attached hydrogen (secondary N) is 1. The number of rotatable bonds is 4. The lowest BCUT2D eigenvalue weighted by atomic mass is 10.0. The van der Waals surface area contributed by atoms with Crippen molar-refractivity contribution in [2.45, 2.75) is 18.9 Å². The van der Waals surface area contributed by atoms with Crippen molar-refractivity contribution in [3.63, 3.8) is 0 Å². The molecule has 3 rings (SSSR count). The molecule has 2 saturated heterocycles. The number of piperazine rings is 1. The van der Waals surface area contributed by atoms with Crippen LogP contribution in [0.1, 0.15) is 24.4 Å². The zero-order valence-electron chi connectivity index (χ0n) is 14.2. The predicted molar refractivity (Wildman–Crippen MR) is 95.4 cm³/mol. The summed E-state index contributed by atoms with van der Waals surface area (Å²) < 4.78 is 5.26. The Bertz CT molecular complexity index is 619. The molecule has 0 aromatic heterocycles. The fraction of sp³-hybridized carbons (Fsp3) is 0.556. The highest BCUT2D eigenvalue weighted by Gasteiger charge is 2.29. The Balaban J connectivity index is 1.61. The van der Waals surface area contributed by atoms with Crippen molar-refractivity contribution in [3.05, 3.63) is 34.9 Å². The standard InChI is InChI=1S/C18H24ClN3O3/c19-15-4-2-1-3-14(15)16-13-20-7-8-22(16)18(24)6-5-17(23)21-9-11-25-12-10-21/h1-4,16,20H,5-13H2. The Hall–Kier alpha value is -1.63. The average Bonchev–Trinajstić information content (AvgIpc) is 2.67. The maximum absolute atomic E-state index is 12.7. The van der Waals surface area contributed by atoms with E-state index >= 15 is 0 Å². The number of nitrogens with zero attached hydrogens (tertiary/aromatic N) is 2. The van der Waals surface area contributed by atoms with Crippen LogP contribution >= 0.6 is 11.6 Å². The van der Waals surface area contributed by atoms with Crippen LogP contribution in [0.25, 0.3) is 0 Å². The van der Waals surface area contributed by atoms with Gasteiger partial charge < -0.3 is 19.9 Å².